The molecule has 0 aliphatic rings. The van der Waals surface area contributed by atoms with Gasteiger partial charge in [0.2, 0.25) is 0 Å². The smallest absolute Gasteiger partial charge is 0.296 e. The lowest BCUT2D eigenvalue weighted by Crippen LogP contribution is -2.01. The number of fused-ring (bicyclic) bond motifs is 1. The predicted molar refractivity (Wildman–Crippen MR) is 93.5 cm³/mol. The van der Waals surface area contributed by atoms with Crippen molar-refractivity contribution in [1.29, 1.82) is 0 Å². The van der Waals surface area contributed by atoms with Crippen LogP contribution in [0.4, 0.5) is 5.69 Å². The number of aromatic nitrogens is 1. The van der Waals surface area contributed by atoms with Gasteiger partial charge >= 0.3 is 0 Å². The first-order valence-electron chi connectivity index (χ1n) is 6.93. The summed E-state index contributed by atoms with van der Waals surface area (Å²) in [6.07, 6.45) is 0. The molecule has 0 atom stereocenters. The van der Waals surface area contributed by atoms with Crippen LogP contribution in [0.1, 0.15) is 16.7 Å². The molecule has 0 bridgehead atoms. The maximum atomic E-state index is 11.7. The number of nitrogen functional groups attached to an aromatic ring is 1. The molecule has 2 aromatic carbocycles. The van der Waals surface area contributed by atoms with E-state index in [1.165, 1.54) is 11.3 Å². The first-order chi connectivity index (χ1) is 10.7. The molecular formula is C16H16N2O3S2. The Morgan fingerprint density at radius 1 is 1.09 bits per heavy atom. The van der Waals surface area contributed by atoms with E-state index in [0.717, 1.165) is 16.7 Å². The number of anilines is 1. The van der Waals surface area contributed by atoms with E-state index in [2.05, 4.69) is 4.98 Å². The van der Waals surface area contributed by atoms with Gasteiger partial charge in [-0.15, -0.1) is 11.3 Å². The van der Waals surface area contributed by atoms with Crippen LogP contribution in [0, 0.1) is 20.8 Å². The van der Waals surface area contributed by atoms with Gasteiger partial charge in [0.15, 0.2) is 0 Å². The zero-order valence-electron chi connectivity index (χ0n) is 12.9. The Morgan fingerprint density at radius 2 is 1.78 bits per heavy atom. The van der Waals surface area contributed by atoms with Crippen molar-refractivity contribution in [2.45, 2.75) is 25.7 Å². The number of nitrogens with zero attached hydrogens (tertiary/aromatic N) is 1. The van der Waals surface area contributed by atoms with Gasteiger partial charge in [0.25, 0.3) is 10.1 Å². The molecule has 0 amide bonds. The van der Waals surface area contributed by atoms with E-state index >= 15 is 0 Å². The van der Waals surface area contributed by atoms with Gasteiger partial charge in [-0.2, -0.15) is 8.42 Å². The van der Waals surface area contributed by atoms with Crippen molar-refractivity contribution in [3.63, 3.8) is 0 Å². The second-order valence-electron chi connectivity index (χ2n) is 5.58. The molecule has 1 aromatic heterocycles. The molecule has 3 aromatic rings. The average Bonchev–Trinajstić information content (AvgIpc) is 2.85. The SMILES string of the molecule is Cc1cc(-c2nc3c(C)cc(C)c(S(=O)(=O)O)c3s2)ccc1N. The highest BCUT2D eigenvalue weighted by Gasteiger charge is 2.22. The number of rotatable bonds is 2. The van der Waals surface area contributed by atoms with E-state index < -0.39 is 10.1 Å². The molecule has 0 unspecified atom stereocenters. The van der Waals surface area contributed by atoms with Crippen LogP contribution in [0.15, 0.2) is 29.2 Å². The van der Waals surface area contributed by atoms with Crippen molar-refractivity contribution in [1.82, 2.24) is 4.98 Å². The largest absolute Gasteiger partial charge is 0.399 e. The molecule has 3 rings (SSSR count). The molecule has 0 aliphatic heterocycles. The molecular weight excluding hydrogens is 332 g/mol. The van der Waals surface area contributed by atoms with Crippen LogP contribution in [-0.2, 0) is 10.1 Å². The molecule has 3 N–H and O–H groups in total. The van der Waals surface area contributed by atoms with Gasteiger partial charge in [-0.3, -0.25) is 4.55 Å². The molecule has 120 valence electrons. The third kappa shape index (κ3) is 2.71. The second kappa shape index (κ2) is 5.30. The number of hydrogen-bond acceptors (Lipinski definition) is 5. The lowest BCUT2D eigenvalue weighted by molar-refractivity contribution is 0.483. The van der Waals surface area contributed by atoms with Crippen molar-refractivity contribution < 1.29 is 13.0 Å². The second-order valence-corrected chi connectivity index (χ2v) is 7.94. The van der Waals surface area contributed by atoms with E-state index in [-0.39, 0.29) is 4.90 Å². The van der Waals surface area contributed by atoms with E-state index in [0.29, 0.717) is 26.5 Å². The van der Waals surface area contributed by atoms with Crippen LogP contribution < -0.4 is 5.73 Å². The lowest BCUT2D eigenvalue weighted by Gasteiger charge is -2.05. The zero-order valence-corrected chi connectivity index (χ0v) is 14.5. The van der Waals surface area contributed by atoms with Gasteiger partial charge in [-0.1, -0.05) is 6.07 Å². The zero-order chi connectivity index (χ0) is 16.9. The van der Waals surface area contributed by atoms with Crippen molar-refractivity contribution in [2.75, 3.05) is 5.73 Å². The van der Waals surface area contributed by atoms with Crippen molar-refractivity contribution in [2.24, 2.45) is 0 Å². The molecule has 0 aliphatic carbocycles. The molecule has 0 saturated heterocycles. The average molecular weight is 348 g/mol. The number of benzene rings is 2. The molecule has 7 heteroatoms. The summed E-state index contributed by atoms with van der Waals surface area (Å²) in [5.74, 6) is 0. The molecule has 1 heterocycles. The predicted octanol–water partition coefficient (Wildman–Crippen LogP) is 3.72. The first-order valence-corrected chi connectivity index (χ1v) is 9.19. The number of aryl methyl sites for hydroxylation is 3. The van der Waals surface area contributed by atoms with Crippen molar-refractivity contribution in [3.8, 4) is 10.6 Å². The minimum absolute atomic E-state index is 0.0611. The Balaban J connectivity index is 2.34. The Morgan fingerprint density at radius 3 is 2.39 bits per heavy atom. The number of hydrogen-bond donors (Lipinski definition) is 2. The summed E-state index contributed by atoms with van der Waals surface area (Å²) in [5, 5.41) is 0.696. The van der Waals surface area contributed by atoms with E-state index in [1.807, 2.05) is 26.0 Å². The fourth-order valence-corrected chi connectivity index (χ4v) is 5.00. The standard InChI is InChI=1S/C16H16N2O3S2/c1-8-7-11(4-5-12(8)17)16-18-13-9(2)6-10(3)15(14(13)22-16)23(19,20)21/h4-7H,17H2,1-3H3,(H,19,20,21). The Bertz CT molecular complexity index is 1040. The third-order valence-electron chi connectivity index (χ3n) is 3.77. The topological polar surface area (TPSA) is 93.3 Å². The minimum atomic E-state index is -4.31. The fourth-order valence-electron chi connectivity index (χ4n) is 2.63. The normalized spacial score (nSPS) is 12.0. The summed E-state index contributed by atoms with van der Waals surface area (Å²) in [4.78, 5) is 4.51. The van der Waals surface area contributed by atoms with Crippen LogP contribution in [0.25, 0.3) is 20.8 Å². The van der Waals surface area contributed by atoms with Crippen LogP contribution in [-0.4, -0.2) is 18.0 Å². The van der Waals surface area contributed by atoms with Crippen LogP contribution in [0.2, 0.25) is 0 Å². The summed E-state index contributed by atoms with van der Waals surface area (Å²) < 4.78 is 33.5. The van der Waals surface area contributed by atoms with E-state index in [9.17, 15) is 13.0 Å². The van der Waals surface area contributed by atoms with Crippen LogP contribution >= 0.6 is 11.3 Å². The number of thiazole rings is 1. The van der Waals surface area contributed by atoms with Gasteiger partial charge in [0, 0.05) is 11.3 Å². The van der Waals surface area contributed by atoms with Crippen LogP contribution in [0.3, 0.4) is 0 Å². The fraction of sp³-hybridized carbons (Fsp3) is 0.188. The highest BCUT2D eigenvalue weighted by molar-refractivity contribution is 7.86. The van der Waals surface area contributed by atoms with E-state index in [1.54, 1.807) is 19.1 Å². The molecule has 0 fully saturated rings. The first kappa shape index (κ1) is 15.9. The van der Waals surface area contributed by atoms with E-state index in [4.69, 9.17) is 5.73 Å². The maximum absolute atomic E-state index is 11.7. The molecule has 0 saturated carbocycles. The summed E-state index contributed by atoms with van der Waals surface area (Å²) in [5.41, 5.74) is 10.3. The highest BCUT2D eigenvalue weighted by Crippen LogP contribution is 2.38. The van der Waals surface area contributed by atoms with Crippen LogP contribution in [0.5, 0.6) is 0 Å². The monoisotopic (exact) mass is 348 g/mol. The van der Waals surface area contributed by atoms with Gasteiger partial charge < -0.3 is 5.73 Å². The highest BCUT2D eigenvalue weighted by atomic mass is 32.2. The van der Waals surface area contributed by atoms with Gasteiger partial charge in [-0.05, 0) is 55.7 Å². The van der Waals surface area contributed by atoms with Crippen molar-refractivity contribution in [3.05, 3.63) is 41.0 Å². The molecule has 0 spiro atoms. The third-order valence-corrected chi connectivity index (χ3v) is 6.07. The number of nitrogens with two attached hydrogens (primary N) is 1. The Hall–Kier alpha value is -1.96. The maximum Gasteiger partial charge on any atom is 0.296 e. The summed E-state index contributed by atoms with van der Waals surface area (Å²) in [7, 11) is -4.31. The lowest BCUT2D eigenvalue weighted by atomic mass is 10.1. The van der Waals surface area contributed by atoms with Gasteiger partial charge in [0.1, 0.15) is 9.90 Å². The molecule has 23 heavy (non-hydrogen) atoms. The van der Waals surface area contributed by atoms with Crippen molar-refractivity contribution >= 4 is 37.4 Å². The summed E-state index contributed by atoms with van der Waals surface area (Å²) in [6.45, 7) is 5.45. The summed E-state index contributed by atoms with van der Waals surface area (Å²) in [6, 6.07) is 7.30. The molecule has 0 radical (unpaired) electrons. The Labute approximate surface area is 138 Å². The minimum Gasteiger partial charge on any atom is -0.399 e. The van der Waals surface area contributed by atoms with Gasteiger partial charge in [0.05, 0.1) is 10.2 Å². The molecule has 5 nitrogen and oxygen atoms in total. The van der Waals surface area contributed by atoms with Gasteiger partial charge in [-0.25, -0.2) is 4.98 Å². The summed E-state index contributed by atoms with van der Waals surface area (Å²) >= 11 is 1.26. The quantitative estimate of drug-likeness (QED) is 0.544. The Kier molecular flexibility index (Phi) is 3.66.